The minimum absolute atomic E-state index is 0.560. The zero-order chi connectivity index (χ0) is 7.44. The zero-order valence-electron chi connectivity index (χ0n) is 5.46. The smallest absolute Gasteiger partial charge is 0.248 e. The van der Waals surface area contributed by atoms with E-state index in [1.165, 1.54) is 19.3 Å². The van der Waals surface area contributed by atoms with E-state index in [1.54, 1.807) is 0 Å². The number of aliphatic hydroxyl groups excluding tert-OH is 1. The topological polar surface area (TPSA) is 69.6 Å². The lowest BCUT2D eigenvalue weighted by atomic mass is 10.1. The monoisotopic (exact) mass is 133 g/mol. The van der Waals surface area contributed by atoms with Crippen molar-refractivity contribution < 1.29 is 15.1 Å². The molecule has 0 aliphatic heterocycles. The van der Waals surface area contributed by atoms with Crippen LogP contribution in [0.5, 0.6) is 0 Å². The van der Waals surface area contributed by atoms with Gasteiger partial charge in [0.15, 0.2) is 0 Å². The van der Waals surface area contributed by atoms with Crippen LogP contribution in [0.2, 0.25) is 0 Å². The summed E-state index contributed by atoms with van der Waals surface area (Å²) in [6.07, 6.45) is -0.725. The first-order chi connectivity index (χ1) is 4.09. The van der Waals surface area contributed by atoms with Crippen LogP contribution in [-0.4, -0.2) is 22.3 Å². The first-order valence-electron chi connectivity index (χ1n) is 2.71. The van der Waals surface area contributed by atoms with Crippen LogP contribution in [0, 0.1) is 5.92 Å². The number of aliphatic hydroxyl groups is 1. The van der Waals surface area contributed by atoms with Gasteiger partial charge in [0.1, 0.15) is 0 Å². The fourth-order valence-electron chi connectivity index (χ4n) is 0.321. The highest BCUT2D eigenvalue weighted by Crippen LogP contribution is 1.99. The Bertz CT molecular complexity index is 102. The molecule has 0 aromatic heterocycles. The number of carbonyl (C=O) groups is 1. The molecule has 0 aliphatic rings. The molecule has 2 atom stereocenters. The van der Waals surface area contributed by atoms with Crippen molar-refractivity contribution in [3.8, 4) is 0 Å². The molecule has 1 amide bonds. The molecule has 3 N–H and O–H groups in total. The van der Waals surface area contributed by atoms with E-state index >= 15 is 0 Å². The number of carbonyl (C=O) groups excluding carboxylic acids is 1. The first-order valence-corrected chi connectivity index (χ1v) is 2.71. The van der Waals surface area contributed by atoms with Crippen molar-refractivity contribution in [2.45, 2.75) is 20.0 Å². The van der Waals surface area contributed by atoms with Gasteiger partial charge >= 0.3 is 0 Å². The minimum Gasteiger partial charge on any atom is -0.393 e. The average Bonchev–Trinajstić information content (AvgIpc) is 1.84. The van der Waals surface area contributed by atoms with E-state index in [9.17, 15) is 4.79 Å². The summed E-state index contributed by atoms with van der Waals surface area (Å²) in [7, 11) is 0. The van der Waals surface area contributed by atoms with Gasteiger partial charge in [0, 0.05) is 0 Å². The van der Waals surface area contributed by atoms with Crippen LogP contribution in [0.1, 0.15) is 13.8 Å². The summed E-state index contributed by atoms with van der Waals surface area (Å²) in [6, 6.07) is 0. The Balaban J connectivity index is 3.72. The van der Waals surface area contributed by atoms with E-state index in [0.717, 1.165) is 0 Å². The van der Waals surface area contributed by atoms with Gasteiger partial charge in [-0.2, -0.15) is 0 Å². The highest BCUT2D eigenvalue weighted by Gasteiger charge is 2.16. The quantitative estimate of drug-likeness (QED) is 0.351. The van der Waals surface area contributed by atoms with Crippen LogP contribution in [0.25, 0.3) is 0 Å². The van der Waals surface area contributed by atoms with E-state index in [-0.39, 0.29) is 0 Å². The first kappa shape index (κ1) is 8.39. The maximum Gasteiger partial charge on any atom is 0.248 e. The van der Waals surface area contributed by atoms with Crippen molar-refractivity contribution in [2.75, 3.05) is 0 Å². The van der Waals surface area contributed by atoms with Crippen molar-refractivity contribution in [3.05, 3.63) is 0 Å². The third-order valence-corrected chi connectivity index (χ3v) is 1.25. The van der Waals surface area contributed by atoms with Crippen LogP contribution in [0.4, 0.5) is 0 Å². The zero-order valence-corrected chi connectivity index (χ0v) is 5.46. The van der Waals surface area contributed by atoms with E-state index < -0.39 is 17.9 Å². The Morgan fingerprint density at radius 1 is 1.56 bits per heavy atom. The van der Waals surface area contributed by atoms with E-state index in [4.69, 9.17) is 10.3 Å². The fourth-order valence-corrected chi connectivity index (χ4v) is 0.321. The fraction of sp³-hybridized carbons (Fsp3) is 0.800. The molecule has 0 heterocycles. The number of rotatable bonds is 2. The van der Waals surface area contributed by atoms with Crippen molar-refractivity contribution in [3.63, 3.8) is 0 Å². The van der Waals surface area contributed by atoms with Gasteiger partial charge in [-0.25, -0.2) is 5.48 Å². The van der Waals surface area contributed by atoms with Gasteiger partial charge in [0.2, 0.25) is 5.91 Å². The molecule has 0 rings (SSSR count). The molecule has 0 spiro atoms. The van der Waals surface area contributed by atoms with E-state index in [1.807, 2.05) is 0 Å². The molecule has 4 nitrogen and oxygen atoms in total. The van der Waals surface area contributed by atoms with E-state index in [2.05, 4.69) is 0 Å². The van der Waals surface area contributed by atoms with Gasteiger partial charge in [-0.15, -0.1) is 0 Å². The van der Waals surface area contributed by atoms with Gasteiger partial charge in [-0.3, -0.25) is 10.0 Å². The molecule has 0 aromatic carbocycles. The molecule has 0 saturated heterocycles. The van der Waals surface area contributed by atoms with Gasteiger partial charge < -0.3 is 5.11 Å². The summed E-state index contributed by atoms with van der Waals surface area (Å²) in [4.78, 5) is 10.4. The highest BCUT2D eigenvalue weighted by molar-refractivity contribution is 5.77. The summed E-state index contributed by atoms with van der Waals surface area (Å²) in [5.41, 5.74) is 1.45. The SMILES string of the molecule is C[C@H](C(=O)NO)[C@@H](C)O. The lowest BCUT2D eigenvalue weighted by Gasteiger charge is -2.10. The van der Waals surface area contributed by atoms with Crippen molar-refractivity contribution in [1.82, 2.24) is 5.48 Å². The molecular formula is C5H11NO3. The molecule has 4 heteroatoms. The van der Waals surface area contributed by atoms with Gasteiger partial charge in [-0.05, 0) is 6.92 Å². The minimum atomic E-state index is -0.725. The summed E-state index contributed by atoms with van der Waals surface area (Å²) >= 11 is 0. The number of hydrogen-bond acceptors (Lipinski definition) is 3. The molecule has 0 fully saturated rings. The predicted octanol–water partition coefficient (Wildman–Crippen LogP) is -0.491. The average molecular weight is 133 g/mol. The number of hydroxylamine groups is 1. The van der Waals surface area contributed by atoms with Gasteiger partial charge in [-0.1, -0.05) is 6.92 Å². The Morgan fingerprint density at radius 2 is 2.00 bits per heavy atom. The predicted molar refractivity (Wildman–Crippen MR) is 30.8 cm³/mol. The molecular weight excluding hydrogens is 122 g/mol. The lowest BCUT2D eigenvalue weighted by Crippen LogP contribution is -2.32. The Labute approximate surface area is 53.5 Å². The van der Waals surface area contributed by atoms with Gasteiger partial charge in [0.25, 0.3) is 0 Å². The molecule has 54 valence electrons. The molecule has 0 radical (unpaired) electrons. The second-order valence-electron chi connectivity index (χ2n) is 2.01. The molecule has 9 heavy (non-hydrogen) atoms. The summed E-state index contributed by atoms with van der Waals surface area (Å²) < 4.78 is 0. The van der Waals surface area contributed by atoms with Crippen molar-refractivity contribution in [2.24, 2.45) is 5.92 Å². The number of hydrogen-bond donors (Lipinski definition) is 3. The Morgan fingerprint density at radius 3 is 2.11 bits per heavy atom. The van der Waals surface area contributed by atoms with E-state index in [0.29, 0.717) is 0 Å². The van der Waals surface area contributed by atoms with Gasteiger partial charge in [0.05, 0.1) is 12.0 Å². The van der Waals surface area contributed by atoms with Crippen LogP contribution >= 0.6 is 0 Å². The second-order valence-corrected chi connectivity index (χ2v) is 2.01. The largest absolute Gasteiger partial charge is 0.393 e. The maximum absolute atomic E-state index is 10.4. The molecule has 0 unspecified atom stereocenters. The Hall–Kier alpha value is -0.610. The number of nitrogens with one attached hydrogen (secondary N) is 1. The van der Waals surface area contributed by atoms with Crippen LogP contribution in [0.15, 0.2) is 0 Å². The Kier molecular flexibility index (Phi) is 3.19. The van der Waals surface area contributed by atoms with Crippen LogP contribution < -0.4 is 5.48 Å². The third kappa shape index (κ3) is 2.43. The third-order valence-electron chi connectivity index (χ3n) is 1.25. The standard InChI is InChI=1S/C5H11NO3/c1-3(4(2)7)5(8)6-9/h3-4,7,9H,1-2H3,(H,6,8)/t3-,4+/m0/s1. The van der Waals surface area contributed by atoms with Crippen molar-refractivity contribution in [1.29, 1.82) is 0 Å². The van der Waals surface area contributed by atoms with Crippen molar-refractivity contribution >= 4 is 5.91 Å². The molecule has 0 aliphatic carbocycles. The van der Waals surface area contributed by atoms with Crippen LogP contribution in [-0.2, 0) is 4.79 Å². The summed E-state index contributed by atoms with van der Waals surface area (Å²) in [5, 5.41) is 16.8. The summed E-state index contributed by atoms with van der Waals surface area (Å²) in [6.45, 7) is 3.01. The lowest BCUT2D eigenvalue weighted by molar-refractivity contribution is -0.135. The summed E-state index contributed by atoms with van der Waals surface area (Å²) in [5.74, 6) is -1.13. The second kappa shape index (κ2) is 3.42. The number of amides is 1. The maximum atomic E-state index is 10.4. The van der Waals surface area contributed by atoms with Crippen LogP contribution in [0.3, 0.4) is 0 Å². The molecule has 0 aromatic rings. The normalized spacial score (nSPS) is 16.4. The molecule has 0 saturated carbocycles. The molecule has 0 bridgehead atoms. The highest BCUT2D eigenvalue weighted by atomic mass is 16.5.